The number of carbonyl (C=O) groups is 2. The van der Waals surface area contributed by atoms with Crippen LogP contribution < -0.4 is 21.3 Å². The molecule has 64 heavy (non-hydrogen) atoms. The van der Waals surface area contributed by atoms with Gasteiger partial charge in [-0.25, -0.2) is 18.6 Å². The Hall–Kier alpha value is -5.41. The first-order valence-electron chi connectivity index (χ1n) is 21.3. The van der Waals surface area contributed by atoms with Crippen LogP contribution in [0, 0.1) is 23.2 Å². The van der Waals surface area contributed by atoms with E-state index >= 15 is 0 Å². The van der Waals surface area contributed by atoms with Gasteiger partial charge in [0.05, 0.1) is 44.4 Å². The number of pyridine rings is 1. The van der Waals surface area contributed by atoms with Crippen LogP contribution in [0.2, 0.25) is 0 Å². The third-order valence-corrected chi connectivity index (χ3v) is 12.3. The van der Waals surface area contributed by atoms with Gasteiger partial charge in [-0.1, -0.05) is 48.2 Å². The number of benzene rings is 2. The number of alkyl halides is 5. The van der Waals surface area contributed by atoms with Crippen molar-refractivity contribution in [3.8, 4) is 11.8 Å². The minimum absolute atomic E-state index is 0.0241. The number of Topliss-reactive ketones (excluding diaryl/α,β-unsaturated/α-hetero) is 1. The summed E-state index contributed by atoms with van der Waals surface area (Å²) in [6.45, 7) is 4.81. The van der Waals surface area contributed by atoms with Gasteiger partial charge in [-0.2, -0.15) is 13.2 Å². The summed E-state index contributed by atoms with van der Waals surface area (Å²) in [5, 5.41) is 16.7. The summed E-state index contributed by atoms with van der Waals surface area (Å²) in [6, 6.07) is 17.7. The number of anilines is 1. The molecule has 344 valence electrons. The molecule has 3 aliphatic heterocycles. The van der Waals surface area contributed by atoms with E-state index in [2.05, 4.69) is 42.0 Å². The number of aliphatic imine (C=N–C) groups is 1. The summed E-state index contributed by atoms with van der Waals surface area (Å²) in [4.78, 5) is 39.3. The van der Waals surface area contributed by atoms with Gasteiger partial charge in [0, 0.05) is 73.9 Å². The quantitative estimate of drug-likeness (QED) is 0.0706. The molecule has 0 aliphatic carbocycles. The summed E-state index contributed by atoms with van der Waals surface area (Å²) >= 11 is 0. The second-order valence-corrected chi connectivity index (χ2v) is 17.1. The van der Waals surface area contributed by atoms with Crippen LogP contribution >= 0.6 is 0 Å². The van der Waals surface area contributed by atoms with Crippen molar-refractivity contribution < 1.29 is 46.1 Å². The summed E-state index contributed by atoms with van der Waals surface area (Å²) in [6.07, 6.45) is -3.39. The van der Waals surface area contributed by atoms with Crippen molar-refractivity contribution in [3.05, 3.63) is 101 Å². The number of amides is 1. The van der Waals surface area contributed by atoms with Gasteiger partial charge >= 0.3 is 12.3 Å². The van der Waals surface area contributed by atoms with Crippen molar-refractivity contribution in [1.82, 2.24) is 20.5 Å². The first kappa shape index (κ1) is 48.1. The highest BCUT2D eigenvalue weighted by Gasteiger charge is 2.55. The van der Waals surface area contributed by atoms with Crippen molar-refractivity contribution in [3.63, 3.8) is 0 Å². The predicted molar refractivity (Wildman–Crippen MR) is 234 cm³/mol. The van der Waals surface area contributed by atoms with Gasteiger partial charge < -0.3 is 35.8 Å². The number of hydrogen-bond donors (Lipinski definition) is 4. The molecule has 3 fully saturated rings. The van der Waals surface area contributed by atoms with Crippen molar-refractivity contribution in [2.45, 2.75) is 88.9 Å². The Labute approximate surface area is 370 Å². The average molecular weight is 894 g/mol. The summed E-state index contributed by atoms with van der Waals surface area (Å²) in [5.74, 6) is 5.46. The van der Waals surface area contributed by atoms with Crippen LogP contribution in [0.5, 0.6) is 0 Å². The lowest BCUT2D eigenvalue weighted by Crippen LogP contribution is -2.62. The number of nitrogens with two attached hydrogens (primary N) is 1. The van der Waals surface area contributed by atoms with Crippen LogP contribution in [-0.4, -0.2) is 122 Å². The first-order valence-corrected chi connectivity index (χ1v) is 21.3. The van der Waals surface area contributed by atoms with Gasteiger partial charge in [-0.3, -0.25) is 14.7 Å². The summed E-state index contributed by atoms with van der Waals surface area (Å²) < 4.78 is 77.4. The normalized spacial score (nSPS) is 19.8. The zero-order valence-electron chi connectivity index (χ0n) is 36.2. The van der Waals surface area contributed by atoms with Crippen LogP contribution in [0.3, 0.4) is 0 Å². The maximum Gasteiger partial charge on any atom is 0.407 e. The highest BCUT2D eigenvalue weighted by Crippen LogP contribution is 2.41. The van der Waals surface area contributed by atoms with Crippen LogP contribution in [0.25, 0.3) is 5.70 Å². The maximum atomic E-state index is 14.2. The van der Waals surface area contributed by atoms with Gasteiger partial charge in [-0.05, 0) is 86.1 Å². The SMILES string of the molecule is COC(=O)N[C@H](C(=O)C[C@@H](Cc1ccc(C#Cc2ccc(N3CC4CCC(C3)N4C3COC3)nc2)cc1)[C@@H](O)CNCc1ccc(C(N)=CC=NCC(F)F)cc1)C(C)(C)C(F)(F)F. The van der Waals surface area contributed by atoms with E-state index in [1.54, 1.807) is 54.7 Å². The van der Waals surface area contributed by atoms with E-state index in [1.165, 1.54) is 25.1 Å². The van der Waals surface area contributed by atoms with Gasteiger partial charge in [0.15, 0.2) is 5.78 Å². The van der Waals surface area contributed by atoms with E-state index in [0.29, 0.717) is 40.5 Å². The number of allylic oxidation sites excluding steroid dienone is 1. The molecule has 2 aromatic carbocycles. The lowest BCUT2D eigenvalue weighted by Gasteiger charge is -2.47. The number of fused-ring (bicyclic) bond motifs is 2. The molecule has 17 heteroatoms. The molecule has 2 bridgehead atoms. The fourth-order valence-electron chi connectivity index (χ4n) is 8.37. The topological polar surface area (TPSA) is 155 Å². The molecular weight excluding hydrogens is 838 g/mol. The van der Waals surface area contributed by atoms with E-state index in [0.717, 1.165) is 64.2 Å². The molecule has 5 atom stereocenters. The van der Waals surface area contributed by atoms with E-state index in [-0.39, 0.29) is 19.5 Å². The predicted octanol–water partition coefficient (Wildman–Crippen LogP) is 5.75. The van der Waals surface area contributed by atoms with E-state index < -0.39 is 60.9 Å². The minimum Gasteiger partial charge on any atom is -0.453 e. The monoisotopic (exact) mass is 893 g/mol. The molecular formula is C47H56F5N7O5. The highest BCUT2D eigenvalue weighted by atomic mass is 19.4. The molecule has 1 amide bonds. The Kier molecular flexibility index (Phi) is 16.2. The van der Waals surface area contributed by atoms with Crippen molar-refractivity contribution >= 4 is 29.6 Å². The molecule has 6 rings (SSSR count). The second kappa shape index (κ2) is 21.5. The van der Waals surface area contributed by atoms with Crippen LogP contribution in [0.4, 0.5) is 32.6 Å². The molecule has 4 heterocycles. The number of nitrogens with zero attached hydrogens (tertiary/aromatic N) is 4. The van der Waals surface area contributed by atoms with E-state index in [1.807, 2.05) is 12.1 Å². The Balaban J connectivity index is 1.10. The van der Waals surface area contributed by atoms with Gasteiger partial charge in [0.1, 0.15) is 11.9 Å². The number of aliphatic hydroxyl groups is 1. The van der Waals surface area contributed by atoms with E-state index in [9.17, 15) is 36.6 Å². The Morgan fingerprint density at radius 2 is 1.62 bits per heavy atom. The smallest absolute Gasteiger partial charge is 0.407 e. The fraction of sp³-hybridized carbons (Fsp3) is 0.489. The number of carbonyl (C=O) groups excluding carboxylic acids is 2. The van der Waals surface area contributed by atoms with Crippen LogP contribution in [0.1, 0.15) is 60.9 Å². The number of aliphatic hydroxyl groups excluding tert-OH is 1. The number of halogens is 5. The number of rotatable bonds is 18. The molecule has 3 aromatic rings. The average Bonchev–Trinajstić information content (AvgIpc) is 3.48. The zero-order valence-corrected chi connectivity index (χ0v) is 36.2. The number of nitrogens with one attached hydrogen (secondary N) is 2. The van der Waals surface area contributed by atoms with Crippen molar-refractivity contribution in [1.29, 1.82) is 0 Å². The molecule has 1 aromatic heterocycles. The number of ketones is 1. The van der Waals surface area contributed by atoms with Crippen molar-refractivity contribution in [2.75, 3.05) is 51.4 Å². The third-order valence-electron chi connectivity index (χ3n) is 12.3. The van der Waals surface area contributed by atoms with Crippen LogP contribution in [-0.2, 0) is 27.2 Å². The number of ether oxygens (including phenoxy) is 2. The Morgan fingerprint density at radius 1 is 0.984 bits per heavy atom. The molecule has 3 saturated heterocycles. The molecule has 2 unspecified atom stereocenters. The molecule has 3 aliphatic rings. The largest absolute Gasteiger partial charge is 0.453 e. The first-order chi connectivity index (χ1) is 30.5. The standard InChI is InChI=1S/C47H56F5N7O5/c1-46(2,47(50,51)52)44(57-45(62)63-3)40(60)21-35(41(61)24-55-22-32-10-13-34(14-11-32)39(53)18-19-54-25-42(48)49)20-31-7-4-30(5-8-31)6-9-33-12-17-43(56-23-33)58-26-36-15-16-37(27-58)59(36)38-28-64-29-38/h4-5,7-8,10-14,17-19,23,35-38,41-42,44,55,61H,15-16,20-22,24-29,53H2,1-3H3,(H,57,62)/t35-,36?,37?,41+,44-/m1/s1. The molecule has 0 saturated carbocycles. The lowest BCUT2D eigenvalue weighted by atomic mass is 9.77. The molecule has 0 spiro atoms. The summed E-state index contributed by atoms with van der Waals surface area (Å²) in [7, 11) is 0.989. The van der Waals surface area contributed by atoms with Gasteiger partial charge in [0.25, 0.3) is 6.43 Å². The third kappa shape index (κ3) is 12.4. The Morgan fingerprint density at radius 3 is 2.20 bits per heavy atom. The number of aromatic nitrogens is 1. The fourth-order valence-corrected chi connectivity index (χ4v) is 8.37. The van der Waals surface area contributed by atoms with Crippen molar-refractivity contribution in [2.24, 2.45) is 22.1 Å². The number of hydrogen-bond acceptors (Lipinski definition) is 11. The molecule has 5 N–H and O–H groups in total. The van der Waals surface area contributed by atoms with Gasteiger partial charge in [0.2, 0.25) is 0 Å². The lowest BCUT2D eigenvalue weighted by molar-refractivity contribution is -0.220. The molecule has 0 radical (unpaired) electrons. The Bertz CT molecular complexity index is 2140. The second-order valence-electron chi connectivity index (χ2n) is 17.1. The molecule has 12 nitrogen and oxygen atoms in total. The number of piperazine rings is 1. The zero-order chi connectivity index (χ0) is 46.0. The summed E-state index contributed by atoms with van der Waals surface area (Å²) in [5.41, 5.74) is 7.30. The van der Waals surface area contributed by atoms with Gasteiger partial charge in [-0.15, -0.1) is 0 Å². The van der Waals surface area contributed by atoms with E-state index in [4.69, 9.17) is 15.5 Å². The number of methoxy groups -OCH3 is 1. The number of alkyl carbamates (subject to hydrolysis) is 1. The highest BCUT2D eigenvalue weighted by molar-refractivity contribution is 5.88. The van der Waals surface area contributed by atoms with Crippen LogP contribution in [0.15, 0.2) is 77.9 Å². The maximum absolute atomic E-state index is 14.2. The minimum atomic E-state index is -4.86.